The molecule has 0 atom stereocenters. The monoisotopic (exact) mass is 405 g/mol. The van der Waals surface area contributed by atoms with Crippen molar-refractivity contribution in [1.82, 2.24) is 0 Å². The average molecular weight is 405 g/mol. The van der Waals surface area contributed by atoms with E-state index in [-0.39, 0.29) is 24.0 Å². The van der Waals surface area contributed by atoms with Gasteiger partial charge in [-0.3, -0.25) is 4.99 Å². The molecule has 0 radical (unpaired) electrons. The molecule has 21 heavy (non-hydrogen) atoms. The highest BCUT2D eigenvalue weighted by Crippen LogP contribution is 2.10. The molecule has 3 N–H and O–H groups in total. The zero-order chi connectivity index (χ0) is 14.8. The number of halogens is 1. The number of hydrogen-bond donors (Lipinski definition) is 2. The van der Waals surface area contributed by atoms with E-state index in [2.05, 4.69) is 43.2 Å². The molecule has 0 saturated heterocycles. The molecule has 0 amide bonds. The number of nitrogens with two attached hydrogens (primary N) is 1. The van der Waals surface area contributed by atoms with E-state index in [1.807, 2.05) is 12.1 Å². The lowest BCUT2D eigenvalue weighted by Crippen LogP contribution is -2.23. The minimum Gasteiger partial charge on any atom is -0.380 e. The van der Waals surface area contributed by atoms with Crippen LogP contribution < -0.4 is 11.1 Å². The van der Waals surface area contributed by atoms with Crippen molar-refractivity contribution in [3.05, 3.63) is 29.8 Å². The van der Waals surface area contributed by atoms with Gasteiger partial charge in [0.2, 0.25) is 0 Å². The Labute approximate surface area is 145 Å². The predicted octanol–water partition coefficient (Wildman–Crippen LogP) is 3.66. The second-order valence-corrected chi connectivity index (χ2v) is 5.24. The van der Waals surface area contributed by atoms with Crippen LogP contribution in [0.15, 0.2) is 29.3 Å². The van der Waals surface area contributed by atoms with Crippen LogP contribution in [-0.2, 0) is 11.2 Å². The topological polar surface area (TPSA) is 59.6 Å². The van der Waals surface area contributed by atoms with Gasteiger partial charge in [-0.1, -0.05) is 32.9 Å². The summed E-state index contributed by atoms with van der Waals surface area (Å²) in [5.74, 6) is 1.11. The Morgan fingerprint density at radius 3 is 2.76 bits per heavy atom. The fraction of sp³-hybridized carbons (Fsp3) is 0.562. The Kier molecular flexibility index (Phi) is 11.3. The number of nitrogens with zero attached hydrogens (tertiary/aromatic N) is 1. The molecule has 0 unspecified atom stereocenters. The number of aliphatic imine (C=N–C) groups is 1. The first kappa shape index (κ1) is 20.2. The zero-order valence-corrected chi connectivity index (χ0v) is 15.6. The highest BCUT2D eigenvalue weighted by atomic mass is 127. The van der Waals surface area contributed by atoms with Gasteiger partial charge in [0.25, 0.3) is 0 Å². The van der Waals surface area contributed by atoms with E-state index in [9.17, 15) is 0 Å². The van der Waals surface area contributed by atoms with Gasteiger partial charge in [-0.2, -0.15) is 0 Å². The minimum atomic E-state index is 0. The molecule has 0 fully saturated rings. The van der Waals surface area contributed by atoms with E-state index in [1.54, 1.807) is 0 Å². The van der Waals surface area contributed by atoms with Gasteiger partial charge < -0.3 is 15.8 Å². The molecule has 1 aromatic rings. The highest BCUT2D eigenvalue weighted by molar-refractivity contribution is 14.0. The van der Waals surface area contributed by atoms with E-state index in [0.29, 0.717) is 25.0 Å². The van der Waals surface area contributed by atoms with Gasteiger partial charge in [0.15, 0.2) is 5.96 Å². The smallest absolute Gasteiger partial charge is 0.193 e. The van der Waals surface area contributed by atoms with Crippen LogP contribution in [0.25, 0.3) is 0 Å². The maximum atomic E-state index is 5.84. The van der Waals surface area contributed by atoms with Crippen molar-refractivity contribution in [3.8, 4) is 0 Å². The SMILES string of the molecule is CCc1cccc(NC(N)=NCCOCCC(C)C)c1.I. The Bertz CT molecular complexity index is 422. The summed E-state index contributed by atoms with van der Waals surface area (Å²) in [6.07, 6.45) is 2.09. The van der Waals surface area contributed by atoms with Gasteiger partial charge in [-0.05, 0) is 36.5 Å². The molecule has 0 saturated carbocycles. The lowest BCUT2D eigenvalue weighted by Gasteiger charge is -2.08. The zero-order valence-electron chi connectivity index (χ0n) is 13.3. The van der Waals surface area contributed by atoms with Gasteiger partial charge in [-0.15, -0.1) is 24.0 Å². The molecule has 0 aliphatic heterocycles. The van der Waals surface area contributed by atoms with Crippen molar-refractivity contribution >= 4 is 35.6 Å². The first-order valence-electron chi connectivity index (χ1n) is 7.35. The largest absolute Gasteiger partial charge is 0.380 e. The molecule has 0 bridgehead atoms. The summed E-state index contributed by atoms with van der Waals surface area (Å²) in [6.45, 7) is 8.50. The van der Waals surface area contributed by atoms with Crippen molar-refractivity contribution in [2.24, 2.45) is 16.6 Å². The van der Waals surface area contributed by atoms with Gasteiger partial charge in [-0.25, -0.2) is 0 Å². The summed E-state index contributed by atoms with van der Waals surface area (Å²) < 4.78 is 5.49. The molecule has 0 aromatic heterocycles. The Morgan fingerprint density at radius 2 is 2.10 bits per heavy atom. The summed E-state index contributed by atoms with van der Waals surface area (Å²) in [7, 11) is 0. The molecule has 120 valence electrons. The van der Waals surface area contributed by atoms with Crippen LogP contribution in [0.1, 0.15) is 32.8 Å². The molecule has 1 rings (SSSR count). The molecule has 1 aromatic carbocycles. The number of hydrogen-bond acceptors (Lipinski definition) is 2. The van der Waals surface area contributed by atoms with E-state index in [1.165, 1.54) is 5.56 Å². The van der Waals surface area contributed by atoms with E-state index in [0.717, 1.165) is 25.1 Å². The Balaban J connectivity index is 0.00000400. The third-order valence-electron chi connectivity index (χ3n) is 2.96. The summed E-state index contributed by atoms with van der Waals surface area (Å²) in [6, 6.07) is 8.19. The molecular formula is C16H28IN3O. The summed E-state index contributed by atoms with van der Waals surface area (Å²) in [5.41, 5.74) is 8.10. The second kappa shape index (κ2) is 11.8. The predicted molar refractivity (Wildman–Crippen MR) is 102 cm³/mol. The summed E-state index contributed by atoms with van der Waals surface area (Å²) in [4.78, 5) is 4.25. The van der Waals surface area contributed by atoms with Crippen molar-refractivity contribution < 1.29 is 4.74 Å². The molecule has 0 aliphatic rings. The van der Waals surface area contributed by atoms with Crippen LogP contribution in [0.2, 0.25) is 0 Å². The molecule has 0 spiro atoms. The lowest BCUT2D eigenvalue weighted by atomic mass is 10.1. The van der Waals surface area contributed by atoms with Crippen molar-refractivity contribution in [3.63, 3.8) is 0 Å². The van der Waals surface area contributed by atoms with Crippen molar-refractivity contribution in [2.75, 3.05) is 25.1 Å². The first-order chi connectivity index (χ1) is 9.61. The highest BCUT2D eigenvalue weighted by Gasteiger charge is 1.97. The van der Waals surface area contributed by atoms with Gasteiger partial charge in [0.05, 0.1) is 13.2 Å². The van der Waals surface area contributed by atoms with Crippen LogP contribution in [0.5, 0.6) is 0 Å². The third kappa shape index (κ3) is 9.68. The van der Waals surface area contributed by atoms with E-state index >= 15 is 0 Å². The van der Waals surface area contributed by atoms with Crippen LogP contribution in [0, 0.1) is 5.92 Å². The van der Waals surface area contributed by atoms with Crippen molar-refractivity contribution in [1.29, 1.82) is 0 Å². The molecule has 0 aliphatic carbocycles. The number of anilines is 1. The molecular weight excluding hydrogens is 377 g/mol. The summed E-state index contributed by atoms with van der Waals surface area (Å²) >= 11 is 0. The maximum Gasteiger partial charge on any atom is 0.193 e. The number of nitrogens with one attached hydrogen (secondary N) is 1. The van der Waals surface area contributed by atoms with Gasteiger partial charge >= 0.3 is 0 Å². The number of ether oxygens (including phenoxy) is 1. The Hall–Kier alpha value is -0.820. The van der Waals surface area contributed by atoms with Crippen LogP contribution in [-0.4, -0.2) is 25.7 Å². The number of rotatable bonds is 8. The standard InChI is InChI=1S/C16H27N3O.HI/c1-4-14-6-5-7-15(12-14)19-16(17)18-9-11-20-10-8-13(2)3;/h5-7,12-13H,4,8-11H2,1-3H3,(H3,17,18,19);1H. The van der Waals surface area contributed by atoms with E-state index < -0.39 is 0 Å². The quantitative estimate of drug-likeness (QED) is 0.300. The Morgan fingerprint density at radius 1 is 1.33 bits per heavy atom. The molecule has 4 nitrogen and oxygen atoms in total. The normalized spacial score (nSPS) is 11.3. The first-order valence-corrected chi connectivity index (χ1v) is 7.35. The van der Waals surface area contributed by atoms with Gasteiger partial charge in [0.1, 0.15) is 0 Å². The fourth-order valence-corrected chi connectivity index (χ4v) is 1.71. The summed E-state index contributed by atoms with van der Waals surface area (Å²) in [5, 5.41) is 3.10. The third-order valence-corrected chi connectivity index (χ3v) is 2.96. The number of guanidine groups is 1. The van der Waals surface area contributed by atoms with Crippen LogP contribution >= 0.6 is 24.0 Å². The molecule has 5 heteroatoms. The lowest BCUT2D eigenvalue weighted by molar-refractivity contribution is 0.131. The average Bonchev–Trinajstić information content (AvgIpc) is 2.42. The van der Waals surface area contributed by atoms with Crippen LogP contribution in [0.3, 0.4) is 0 Å². The van der Waals surface area contributed by atoms with E-state index in [4.69, 9.17) is 10.5 Å². The second-order valence-electron chi connectivity index (χ2n) is 5.24. The van der Waals surface area contributed by atoms with Gasteiger partial charge in [0, 0.05) is 12.3 Å². The fourth-order valence-electron chi connectivity index (χ4n) is 1.71. The minimum absolute atomic E-state index is 0. The van der Waals surface area contributed by atoms with Crippen molar-refractivity contribution in [2.45, 2.75) is 33.6 Å². The number of aryl methyl sites for hydroxylation is 1. The molecule has 0 heterocycles. The maximum absolute atomic E-state index is 5.84. The number of benzene rings is 1. The van der Waals surface area contributed by atoms with Crippen LogP contribution in [0.4, 0.5) is 5.69 Å².